The van der Waals surface area contributed by atoms with Gasteiger partial charge in [-0.05, 0) is 36.8 Å². The van der Waals surface area contributed by atoms with Crippen molar-refractivity contribution in [3.63, 3.8) is 0 Å². The number of carbonyl (C=O) groups excluding carboxylic acids is 2. The molecule has 4 rings (SSSR count). The van der Waals surface area contributed by atoms with Crippen molar-refractivity contribution in [2.24, 2.45) is 23.5 Å². The SMILES string of the molecule is NC1CCC2CN(C(=O)C3CC(=O)N(CCOc4ccccc4Cl)C3)CC12. The van der Waals surface area contributed by atoms with Gasteiger partial charge in [-0.15, -0.1) is 0 Å². The average molecular weight is 392 g/mol. The Bertz CT molecular complexity index is 728. The number of halogens is 1. The number of nitrogens with zero attached hydrogens (tertiary/aromatic N) is 2. The summed E-state index contributed by atoms with van der Waals surface area (Å²) in [7, 11) is 0. The molecular formula is C20H26ClN3O3. The predicted octanol–water partition coefficient (Wildman–Crippen LogP) is 1.76. The Labute approximate surface area is 164 Å². The molecule has 27 heavy (non-hydrogen) atoms. The van der Waals surface area contributed by atoms with Gasteiger partial charge in [0.25, 0.3) is 0 Å². The smallest absolute Gasteiger partial charge is 0.228 e. The third kappa shape index (κ3) is 3.78. The number of likely N-dealkylation sites (tertiary alicyclic amines) is 2. The van der Waals surface area contributed by atoms with Crippen molar-refractivity contribution in [1.29, 1.82) is 0 Å². The standard InChI is InChI=1S/C20H26ClN3O3/c21-16-3-1-2-4-18(16)27-8-7-23-11-14(9-19(23)25)20(26)24-10-13-5-6-17(22)15(13)12-24/h1-4,13-15,17H,5-12,22H2. The second-order valence-electron chi connectivity index (χ2n) is 7.93. The minimum Gasteiger partial charge on any atom is -0.490 e. The first-order chi connectivity index (χ1) is 13.0. The highest BCUT2D eigenvalue weighted by atomic mass is 35.5. The van der Waals surface area contributed by atoms with Gasteiger partial charge in [-0.1, -0.05) is 23.7 Å². The normalized spacial score (nSPS) is 30.1. The van der Waals surface area contributed by atoms with E-state index in [1.807, 2.05) is 17.0 Å². The molecule has 1 aliphatic carbocycles. The summed E-state index contributed by atoms with van der Waals surface area (Å²) in [6.45, 7) is 2.85. The van der Waals surface area contributed by atoms with E-state index >= 15 is 0 Å². The fraction of sp³-hybridized carbons (Fsp3) is 0.600. The van der Waals surface area contributed by atoms with Crippen LogP contribution < -0.4 is 10.5 Å². The minimum atomic E-state index is -0.243. The molecule has 2 N–H and O–H groups in total. The van der Waals surface area contributed by atoms with Crippen LogP contribution in [-0.2, 0) is 9.59 Å². The Hall–Kier alpha value is -1.79. The number of nitrogens with two attached hydrogens (primary N) is 1. The number of hydrogen-bond donors (Lipinski definition) is 1. The summed E-state index contributed by atoms with van der Waals surface area (Å²) < 4.78 is 5.67. The van der Waals surface area contributed by atoms with Crippen molar-refractivity contribution >= 4 is 23.4 Å². The van der Waals surface area contributed by atoms with Gasteiger partial charge in [0.05, 0.1) is 17.5 Å². The lowest BCUT2D eigenvalue weighted by molar-refractivity contribution is -0.135. The van der Waals surface area contributed by atoms with Crippen LogP contribution in [-0.4, -0.2) is 60.4 Å². The first-order valence-corrected chi connectivity index (χ1v) is 10.1. The second-order valence-corrected chi connectivity index (χ2v) is 8.34. The highest BCUT2D eigenvalue weighted by Gasteiger charge is 2.45. The summed E-state index contributed by atoms with van der Waals surface area (Å²) in [6.07, 6.45) is 2.48. The Morgan fingerprint density at radius 3 is 2.81 bits per heavy atom. The molecule has 146 valence electrons. The van der Waals surface area contributed by atoms with Crippen LogP contribution in [0.1, 0.15) is 19.3 Å². The van der Waals surface area contributed by atoms with E-state index in [1.54, 1.807) is 17.0 Å². The Kier molecular flexibility index (Phi) is 5.28. The summed E-state index contributed by atoms with van der Waals surface area (Å²) in [5.74, 6) is 1.48. The van der Waals surface area contributed by atoms with Gasteiger partial charge >= 0.3 is 0 Å². The lowest BCUT2D eigenvalue weighted by atomic mass is 9.98. The number of fused-ring (bicyclic) bond motifs is 1. The maximum Gasteiger partial charge on any atom is 0.228 e. The van der Waals surface area contributed by atoms with Crippen molar-refractivity contribution < 1.29 is 14.3 Å². The number of para-hydroxylation sites is 1. The topological polar surface area (TPSA) is 75.9 Å². The fourth-order valence-electron chi connectivity index (χ4n) is 4.73. The van der Waals surface area contributed by atoms with E-state index in [9.17, 15) is 9.59 Å². The molecule has 0 spiro atoms. The summed E-state index contributed by atoms with van der Waals surface area (Å²) >= 11 is 6.07. The van der Waals surface area contributed by atoms with Crippen molar-refractivity contribution in [2.45, 2.75) is 25.3 Å². The lowest BCUT2D eigenvalue weighted by Crippen LogP contribution is -2.38. The number of amides is 2. The highest BCUT2D eigenvalue weighted by molar-refractivity contribution is 6.32. The molecule has 4 atom stereocenters. The zero-order chi connectivity index (χ0) is 19.0. The number of ether oxygens (including phenoxy) is 1. The first kappa shape index (κ1) is 18.6. The number of rotatable bonds is 5. The van der Waals surface area contributed by atoms with E-state index in [2.05, 4.69) is 0 Å². The van der Waals surface area contributed by atoms with Gasteiger partial charge in [-0.3, -0.25) is 9.59 Å². The van der Waals surface area contributed by atoms with Gasteiger partial charge < -0.3 is 20.3 Å². The van der Waals surface area contributed by atoms with E-state index in [-0.39, 0.29) is 23.8 Å². The van der Waals surface area contributed by atoms with Gasteiger partial charge in [-0.25, -0.2) is 0 Å². The van der Waals surface area contributed by atoms with Crippen molar-refractivity contribution in [3.8, 4) is 5.75 Å². The molecule has 4 unspecified atom stereocenters. The Balaban J connectivity index is 1.27. The molecule has 1 aromatic carbocycles. The number of hydrogen-bond acceptors (Lipinski definition) is 4. The number of carbonyl (C=O) groups is 2. The van der Waals surface area contributed by atoms with E-state index in [1.165, 1.54) is 0 Å². The van der Waals surface area contributed by atoms with Gasteiger partial charge in [0.1, 0.15) is 12.4 Å². The molecule has 1 saturated carbocycles. The molecule has 2 saturated heterocycles. The van der Waals surface area contributed by atoms with Gasteiger partial charge in [0.15, 0.2) is 0 Å². The van der Waals surface area contributed by atoms with Crippen LogP contribution in [0.15, 0.2) is 24.3 Å². The molecule has 6 nitrogen and oxygen atoms in total. The Morgan fingerprint density at radius 1 is 1.22 bits per heavy atom. The maximum absolute atomic E-state index is 12.9. The van der Waals surface area contributed by atoms with E-state index < -0.39 is 0 Å². The van der Waals surface area contributed by atoms with Crippen LogP contribution in [0.25, 0.3) is 0 Å². The molecule has 2 amide bonds. The second kappa shape index (κ2) is 7.68. The zero-order valence-electron chi connectivity index (χ0n) is 15.4. The van der Waals surface area contributed by atoms with Crippen molar-refractivity contribution in [2.75, 3.05) is 32.8 Å². The molecule has 2 aliphatic heterocycles. The van der Waals surface area contributed by atoms with Crippen LogP contribution in [0.4, 0.5) is 0 Å². The zero-order valence-corrected chi connectivity index (χ0v) is 16.1. The summed E-state index contributed by atoms with van der Waals surface area (Å²) in [5.41, 5.74) is 6.17. The molecule has 0 aromatic heterocycles. The summed E-state index contributed by atoms with van der Waals surface area (Å²) in [4.78, 5) is 28.9. The van der Waals surface area contributed by atoms with Crippen LogP contribution in [0.3, 0.4) is 0 Å². The molecule has 0 radical (unpaired) electrons. The monoisotopic (exact) mass is 391 g/mol. The maximum atomic E-state index is 12.9. The lowest BCUT2D eigenvalue weighted by Gasteiger charge is -2.22. The van der Waals surface area contributed by atoms with E-state index in [0.717, 1.165) is 25.9 Å². The summed E-state index contributed by atoms with van der Waals surface area (Å²) in [5, 5.41) is 0.552. The van der Waals surface area contributed by atoms with Crippen LogP contribution in [0.5, 0.6) is 5.75 Å². The van der Waals surface area contributed by atoms with Gasteiger partial charge in [-0.2, -0.15) is 0 Å². The van der Waals surface area contributed by atoms with Crippen molar-refractivity contribution in [3.05, 3.63) is 29.3 Å². The third-order valence-corrected chi connectivity index (χ3v) is 6.56. The fourth-order valence-corrected chi connectivity index (χ4v) is 4.92. The molecule has 0 bridgehead atoms. The largest absolute Gasteiger partial charge is 0.490 e. The van der Waals surface area contributed by atoms with Crippen LogP contribution >= 0.6 is 11.6 Å². The molecular weight excluding hydrogens is 366 g/mol. The molecule has 3 fully saturated rings. The first-order valence-electron chi connectivity index (χ1n) is 9.72. The van der Waals surface area contributed by atoms with Crippen LogP contribution in [0.2, 0.25) is 5.02 Å². The Morgan fingerprint density at radius 2 is 2.04 bits per heavy atom. The van der Waals surface area contributed by atoms with E-state index in [0.29, 0.717) is 48.7 Å². The molecule has 7 heteroatoms. The average Bonchev–Trinajstić information content (AvgIpc) is 3.33. The molecule has 3 aliphatic rings. The predicted molar refractivity (Wildman–Crippen MR) is 102 cm³/mol. The molecule has 1 aromatic rings. The van der Waals surface area contributed by atoms with Crippen LogP contribution in [0, 0.1) is 17.8 Å². The van der Waals surface area contributed by atoms with Crippen molar-refractivity contribution in [1.82, 2.24) is 9.80 Å². The van der Waals surface area contributed by atoms with Gasteiger partial charge in [0.2, 0.25) is 11.8 Å². The summed E-state index contributed by atoms with van der Waals surface area (Å²) in [6, 6.07) is 7.49. The molecule has 2 heterocycles. The van der Waals surface area contributed by atoms with Gasteiger partial charge in [0, 0.05) is 32.1 Å². The quantitative estimate of drug-likeness (QED) is 0.829. The third-order valence-electron chi connectivity index (χ3n) is 6.24. The minimum absolute atomic E-state index is 0.0206. The number of benzene rings is 1. The van der Waals surface area contributed by atoms with E-state index in [4.69, 9.17) is 22.1 Å². The highest BCUT2D eigenvalue weighted by Crippen LogP contribution is 2.38.